The summed E-state index contributed by atoms with van der Waals surface area (Å²) in [6, 6.07) is 3.14. The summed E-state index contributed by atoms with van der Waals surface area (Å²) in [5.74, 6) is 10.9. The van der Waals surface area contributed by atoms with Gasteiger partial charge >= 0.3 is 0 Å². The highest BCUT2D eigenvalue weighted by Crippen LogP contribution is 2.24. The summed E-state index contributed by atoms with van der Waals surface area (Å²) in [4.78, 5) is 0. The van der Waals surface area contributed by atoms with Gasteiger partial charge in [-0.15, -0.1) is 0 Å². The molecule has 34 heavy (non-hydrogen) atoms. The third-order valence-corrected chi connectivity index (χ3v) is 6.11. The van der Waals surface area contributed by atoms with Crippen LogP contribution in [0.15, 0.2) is 12.1 Å². The molecule has 8 N–H and O–H groups in total. The van der Waals surface area contributed by atoms with E-state index in [1.807, 2.05) is 0 Å². The zero-order chi connectivity index (χ0) is 25.2. The number of hydrogen-bond donors (Lipinski definition) is 8. The Labute approximate surface area is 201 Å². The third kappa shape index (κ3) is 5.55. The average molecular weight is 499 g/mol. The van der Waals surface area contributed by atoms with E-state index in [4.69, 9.17) is 21.1 Å². The largest absolute Gasteiger partial charge is 0.394 e. The summed E-state index contributed by atoms with van der Waals surface area (Å²) >= 11 is 6.31. The van der Waals surface area contributed by atoms with Crippen molar-refractivity contribution in [3.63, 3.8) is 0 Å². The number of benzene rings is 1. The van der Waals surface area contributed by atoms with Gasteiger partial charge in [-0.1, -0.05) is 35.3 Å². The van der Waals surface area contributed by atoms with Crippen LogP contribution in [-0.4, -0.2) is 115 Å². The second-order valence-corrected chi connectivity index (χ2v) is 8.59. The maximum Gasteiger partial charge on any atom is 0.147 e. The molecule has 0 unspecified atom stereocenters. The fraction of sp³-hybridized carbons (Fsp3) is 0.565. The minimum Gasteiger partial charge on any atom is -0.394 e. The second-order valence-electron chi connectivity index (χ2n) is 8.18. The van der Waals surface area contributed by atoms with Gasteiger partial charge in [0.15, 0.2) is 0 Å². The minimum absolute atomic E-state index is 0.209. The summed E-state index contributed by atoms with van der Waals surface area (Å²) in [5.41, 5.74) is 1.49. The lowest BCUT2D eigenvalue weighted by Crippen LogP contribution is -2.58. The maximum absolute atomic E-state index is 10.1. The van der Waals surface area contributed by atoms with Gasteiger partial charge in [0.2, 0.25) is 0 Å². The van der Waals surface area contributed by atoms with E-state index in [0.29, 0.717) is 16.7 Å². The standard InChI is InChI=1S/C23H27ClO10/c1-10-6-12(3-5-15-19(28)23(32)21(30)17(9-26)34-15)13(24)7-11(10)2-4-14-18(27)22(31)20(29)16(8-25)33-14/h6-7,14-23,25-32H,8-9H2,1H3/t14-,15-,16-,17-,18-,19-,20-,21-,22-,23-/m1/s1. The van der Waals surface area contributed by atoms with Crippen LogP contribution in [0.4, 0.5) is 0 Å². The quantitative estimate of drug-likeness (QED) is 0.196. The van der Waals surface area contributed by atoms with Crippen LogP contribution in [0, 0.1) is 30.6 Å². The first-order valence-electron chi connectivity index (χ1n) is 10.5. The van der Waals surface area contributed by atoms with Crippen LogP contribution in [0.25, 0.3) is 0 Å². The van der Waals surface area contributed by atoms with Crippen molar-refractivity contribution >= 4 is 11.6 Å². The van der Waals surface area contributed by atoms with Crippen molar-refractivity contribution in [1.82, 2.24) is 0 Å². The van der Waals surface area contributed by atoms with E-state index in [9.17, 15) is 40.9 Å². The van der Waals surface area contributed by atoms with Gasteiger partial charge in [-0.05, 0) is 24.6 Å². The van der Waals surface area contributed by atoms with Crippen molar-refractivity contribution in [2.45, 2.75) is 68.0 Å². The van der Waals surface area contributed by atoms with Crippen LogP contribution in [0.1, 0.15) is 16.7 Å². The smallest absolute Gasteiger partial charge is 0.147 e. The first kappa shape index (κ1) is 26.8. The Balaban J connectivity index is 1.80. The van der Waals surface area contributed by atoms with E-state index in [2.05, 4.69) is 23.7 Å². The third-order valence-electron chi connectivity index (χ3n) is 5.80. The van der Waals surface area contributed by atoms with E-state index in [0.717, 1.165) is 0 Å². The SMILES string of the molecule is Cc1cc(C#C[C@H]2O[C@H](CO)[C@@H](O)[C@H](O)[C@@H]2O)c(Cl)cc1C#C[C@H]1O[C@H](CO)[C@@H](O)[C@H](O)[C@@H]1O. The number of hydrogen-bond acceptors (Lipinski definition) is 10. The second kappa shape index (κ2) is 11.3. The molecule has 2 heterocycles. The Morgan fingerprint density at radius 2 is 1.15 bits per heavy atom. The fourth-order valence-corrected chi connectivity index (χ4v) is 3.86. The van der Waals surface area contributed by atoms with Crippen LogP contribution in [0.5, 0.6) is 0 Å². The van der Waals surface area contributed by atoms with Crippen LogP contribution in [0.3, 0.4) is 0 Å². The molecule has 186 valence electrons. The first-order valence-corrected chi connectivity index (χ1v) is 10.9. The summed E-state index contributed by atoms with van der Waals surface area (Å²) in [6.45, 7) is 0.604. The monoisotopic (exact) mass is 498 g/mol. The van der Waals surface area contributed by atoms with Gasteiger partial charge in [0.05, 0.1) is 18.2 Å². The molecule has 0 radical (unpaired) electrons. The zero-order valence-electron chi connectivity index (χ0n) is 18.1. The molecule has 1 aromatic carbocycles. The predicted octanol–water partition coefficient (Wildman–Crippen LogP) is -2.96. The lowest BCUT2D eigenvalue weighted by atomic mass is 9.95. The molecule has 2 fully saturated rings. The Bertz CT molecular complexity index is 911. The molecule has 1 aromatic rings. The number of halogens is 1. The van der Waals surface area contributed by atoms with Gasteiger partial charge in [0.1, 0.15) is 61.0 Å². The topological polar surface area (TPSA) is 180 Å². The highest BCUT2D eigenvalue weighted by Gasteiger charge is 2.43. The van der Waals surface area contributed by atoms with Crippen molar-refractivity contribution in [2.24, 2.45) is 0 Å². The maximum atomic E-state index is 10.1. The Kier molecular flexibility index (Phi) is 8.93. The summed E-state index contributed by atoms with van der Waals surface area (Å²) < 4.78 is 10.7. The molecule has 10 nitrogen and oxygen atoms in total. The fourth-order valence-electron chi connectivity index (χ4n) is 3.65. The minimum atomic E-state index is -1.54. The van der Waals surface area contributed by atoms with Crippen LogP contribution in [0.2, 0.25) is 5.02 Å². The highest BCUT2D eigenvalue weighted by atomic mass is 35.5. The number of aliphatic hydroxyl groups excluding tert-OH is 8. The molecule has 3 rings (SSSR count). The molecule has 0 bridgehead atoms. The molecule has 0 amide bonds. The van der Waals surface area contributed by atoms with Gasteiger partial charge in [0.25, 0.3) is 0 Å². The molecular weight excluding hydrogens is 472 g/mol. The Morgan fingerprint density at radius 3 is 1.59 bits per heavy atom. The molecule has 2 saturated heterocycles. The normalized spacial score (nSPS) is 37.8. The molecule has 2 aliphatic heterocycles. The average Bonchev–Trinajstić information content (AvgIpc) is 2.82. The molecule has 2 aliphatic rings. The van der Waals surface area contributed by atoms with Gasteiger partial charge in [-0.3, -0.25) is 0 Å². The van der Waals surface area contributed by atoms with E-state index < -0.39 is 74.3 Å². The molecule has 0 saturated carbocycles. The van der Waals surface area contributed by atoms with Crippen molar-refractivity contribution < 1.29 is 50.3 Å². The van der Waals surface area contributed by atoms with E-state index >= 15 is 0 Å². The number of aliphatic hydroxyl groups is 8. The van der Waals surface area contributed by atoms with Gasteiger partial charge < -0.3 is 50.3 Å². The van der Waals surface area contributed by atoms with Crippen molar-refractivity contribution in [3.05, 3.63) is 33.8 Å². The van der Waals surface area contributed by atoms with Gasteiger partial charge in [-0.2, -0.15) is 0 Å². The van der Waals surface area contributed by atoms with E-state index in [1.54, 1.807) is 13.0 Å². The first-order chi connectivity index (χ1) is 16.1. The van der Waals surface area contributed by atoms with Crippen LogP contribution >= 0.6 is 11.6 Å². The summed E-state index contributed by atoms with van der Waals surface area (Å²) in [6.07, 6.45) is -13.5. The Morgan fingerprint density at radius 1 is 0.706 bits per heavy atom. The molecule has 10 atom stereocenters. The highest BCUT2D eigenvalue weighted by molar-refractivity contribution is 6.31. The summed E-state index contributed by atoms with van der Waals surface area (Å²) in [7, 11) is 0. The summed E-state index contributed by atoms with van der Waals surface area (Å²) in [5, 5.41) is 78.4. The van der Waals surface area contributed by atoms with E-state index in [1.165, 1.54) is 6.07 Å². The predicted molar refractivity (Wildman–Crippen MR) is 117 cm³/mol. The molecule has 0 aromatic heterocycles. The van der Waals surface area contributed by atoms with Gasteiger partial charge in [0, 0.05) is 11.1 Å². The van der Waals surface area contributed by atoms with Crippen molar-refractivity contribution in [3.8, 4) is 23.7 Å². The lowest BCUT2D eigenvalue weighted by Gasteiger charge is -2.37. The molecular formula is C23H27ClO10. The molecule has 0 aliphatic carbocycles. The zero-order valence-corrected chi connectivity index (χ0v) is 18.9. The lowest BCUT2D eigenvalue weighted by molar-refractivity contribution is -0.214. The van der Waals surface area contributed by atoms with Gasteiger partial charge in [-0.25, -0.2) is 0 Å². The van der Waals surface area contributed by atoms with E-state index in [-0.39, 0.29) is 5.02 Å². The van der Waals surface area contributed by atoms with Crippen LogP contribution < -0.4 is 0 Å². The van der Waals surface area contributed by atoms with Crippen molar-refractivity contribution in [2.75, 3.05) is 13.2 Å². The number of ether oxygens (including phenoxy) is 2. The number of aryl methyl sites for hydroxylation is 1. The van der Waals surface area contributed by atoms with Crippen LogP contribution in [-0.2, 0) is 9.47 Å². The molecule has 11 heteroatoms. The number of rotatable bonds is 2. The van der Waals surface area contributed by atoms with Crippen molar-refractivity contribution in [1.29, 1.82) is 0 Å². The Hall–Kier alpha value is -1.77. The molecule has 0 spiro atoms.